The number of rotatable bonds is 5. The van der Waals surface area contributed by atoms with Gasteiger partial charge >= 0.3 is 6.18 Å². The Balaban J connectivity index is 1.76. The fourth-order valence-electron chi connectivity index (χ4n) is 3.18. The first kappa shape index (κ1) is 18.7. The zero-order chi connectivity index (χ0) is 18.9. The van der Waals surface area contributed by atoms with Gasteiger partial charge in [0.05, 0.1) is 10.5 Å². The van der Waals surface area contributed by atoms with Gasteiger partial charge in [0.15, 0.2) is 0 Å². The summed E-state index contributed by atoms with van der Waals surface area (Å²) in [6.45, 7) is 2.62. The number of fused-ring (bicyclic) bond motifs is 1. The third-order valence-corrected chi connectivity index (χ3v) is 5.99. The Bertz CT molecular complexity index is 897. The van der Waals surface area contributed by atoms with Gasteiger partial charge in [0.1, 0.15) is 0 Å². The zero-order valence-corrected chi connectivity index (χ0v) is 14.9. The summed E-state index contributed by atoms with van der Waals surface area (Å²) in [7, 11) is -4.27. The quantitative estimate of drug-likeness (QED) is 0.859. The van der Waals surface area contributed by atoms with E-state index in [9.17, 15) is 21.6 Å². The normalized spacial score (nSPS) is 15.8. The van der Waals surface area contributed by atoms with E-state index in [0.717, 1.165) is 30.8 Å². The van der Waals surface area contributed by atoms with E-state index in [1.54, 1.807) is 0 Å². The van der Waals surface area contributed by atoms with E-state index in [0.29, 0.717) is 0 Å². The van der Waals surface area contributed by atoms with Crippen molar-refractivity contribution >= 4 is 15.7 Å². The molecule has 2 aromatic rings. The van der Waals surface area contributed by atoms with Crippen molar-refractivity contribution in [1.82, 2.24) is 4.72 Å². The highest BCUT2D eigenvalue weighted by Gasteiger charge is 2.37. The molecule has 0 spiro atoms. The molecule has 0 saturated carbocycles. The molecular weight excluding hydrogens is 365 g/mol. The zero-order valence-electron chi connectivity index (χ0n) is 14.1. The van der Waals surface area contributed by atoms with Gasteiger partial charge in [-0.3, -0.25) is 0 Å². The number of benzene rings is 2. The first-order chi connectivity index (χ1) is 12.2. The van der Waals surface area contributed by atoms with Gasteiger partial charge in [-0.05, 0) is 37.1 Å². The standard InChI is InChI=1S/C18H19F3N2O2S/c1-13(23-11-10-14-6-2-4-8-16(14)23)12-22-26(24,25)17-9-5-3-7-15(17)18(19,20)21/h2-9,13,22H,10-12H2,1H3. The summed E-state index contributed by atoms with van der Waals surface area (Å²) >= 11 is 0. The second kappa shape index (κ2) is 6.92. The van der Waals surface area contributed by atoms with Crippen LogP contribution in [-0.2, 0) is 22.6 Å². The Morgan fingerprint density at radius 1 is 1.12 bits per heavy atom. The smallest absolute Gasteiger partial charge is 0.367 e. The van der Waals surface area contributed by atoms with Crippen molar-refractivity contribution in [2.75, 3.05) is 18.0 Å². The second-order valence-corrected chi connectivity index (χ2v) is 8.00. The van der Waals surface area contributed by atoms with Crippen LogP contribution in [0.1, 0.15) is 18.1 Å². The number of nitrogens with zero attached hydrogens (tertiary/aromatic N) is 1. The van der Waals surface area contributed by atoms with Crippen LogP contribution in [0.15, 0.2) is 53.4 Å². The molecule has 2 aromatic carbocycles. The van der Waals surface area contributed by atoms with Crippen LogP contribution in [0.3, 0.4) is 0 Å². The average Bonchev–Trinajstić information content (AvgIpc) is 3.03. The third-order valence-electron chi connectivity index (χ3n) is 4.51. The van der Waals surface area contributed by atoms with Crippen LogP contribution in [0, 0.1) is 0 Å². The van der Waals surface area contributed by atoms with Crippen LogP contribution in [0.2, 0.25) is 0 Å². The van der Waals surface area contributed by atoms with Crippen molar-refractivity contribution in [3.8, 4) is 0 Å². The molecule has 0 aliphatic carbocycles. The maximum atomic E-state index is 13.1. The van der Waals surface area contributed by atoms with E-state index >= 15 is 0 Å². The lowest BCUT2D eigenvalue weighted by atomic mass is 10.2. The SMILES string of the molecule is CC(CNS(=O)(=O)c1ccccc1C(F)(F)F)N1CCc2ccccc21. The Morgan fingerprint density at radius 2 is 1.77 bits per heavy atom. The number of halogens is 3. The maximum absolute atomic E-state index is 13.1. The molecule has 140 valence electrons. The van der Waals surface area contributed by atoms with E-state index in [1.807, 2.05) is 31.2 Å². The second-order valence-electron chi connectivity index (χ2n) is 6.27. The van der Waals surface area contributed by atoms with Gasteiger partial charge in [0.25, 0.3) is 0 Å². The van der Waals surface area contributed by atoms with Gasteiger partial charge in [-0.25, -0.2) is 13.1 Å². The fourth-order valence-corrected chi connectivity index (χ4v) is 4.52. The summed E-state index contributed by atoms with van der Waals surface area (Å²) in [5.74, 6) is 0. The molecule has 1 aliphatic heterocycles. The predicted molar refractivity (Wildman–Crippen MR) is 93.6 cm³/mol. The van der Waals surface area contributed by atoms with Crippen LogP contribution >= 0.6 is 0 Å². The van der Waals surface area contributed by atoms with E-state index in [4.69, 9.17) is 0 Å². The molecule has 0 radical (unpaired) electrons. The number of alkyl halides is 3. The summed E-state index contributed by atoms with van der Waals surface area (Å²) in [6.07, 6.45) is -3.87. The molecule has 3 rings (SSSR count). The van der Waals surface area contributed by atoms with E-state index < -0.39 is 26.7 Å². The van der Waals surface area contributed by atoms with E-state index in [2.05, 4.69) is 9.62 Å². The minimum Gasteiger partial charge on any atom is -0.367 e. The molecule has 0 amide bonds. The summed E-state index contributed by atoms with van der Waals surface area (Å²) in [6, 6.07) is 11.9. The van der Waals surface area contributed by atoms with Crippen LogP contribution in [0.25, 0.3) is 0 Å². The van der Waals surface area contributed by atoms with Gasteiger partial charge in [0, 0.05) is 24.8 Å². The topological polar surface area (TPSA) is 49.4 Å². The van der Waals surface area contributed by atoms with E-state index in [-0.39, 0.29) is 12.6 Å². The number of sulfonamides is 1. The minimum atomic E-state index is -4.73. The van der Waals surface area contributed by atoms with E-state index in [1.165, 1.54) is 17.7 Å². The van der Waals surface area contributed by atoms with Crippen molar-refractivity contribution in [3.05, 3.63) is 59.7 Å². The van der Waals surface area contributed by atoms with Crippen molar-refractivity contribution in [3.63, 3.8) is 0 Å². The number of hydrogen-bond acceptors (Lipinski definition) is 3. The van der Waals surface area contributed by atoms with Gasteiger partial charge < -0.3 is 4.90 Å². The number of anilines is 1. The molecule has 1 aliphatic rings. The number of nitrogens with one attached hydrogen (secondary N) is 1. The van der Waals surface area contributed by atoms with Crippen LogP contribution in [0.5, 0.6) is 0 Å². The maximum Gasteiger partial charge on any atom is 0.417 e. The van der Waals surface area contributed by atoms with Crippen molar-refractivity contribution < 1.29 is 21.6 Å². The molecule has 0 bridgehead atoms. The highest BCUT2D eigenvalue weighted by atomic mass is 32.2. The monoisotopic (exact) mass is 384 g/mol. The Kier molecular flexibility index (Phi) is 4.98. The van der Waals surface area contributed by atoms with Gasteiger partial charge in [-0.1, -0.05) is 30.3 Å². The first-order valence-electron chi connectivity index (χ1n) is 8.20. The molecule has 26 heavy (non-hydrogen) atoms. The average molecular weight is 384 g/mol. The molecule has 1 unspecified atom stereocenters. The largest absolute Gasteiger partial charge is 0.417 e. The van der Waals surface area contributed by atoms with Crippen LogP contribution < -0.4 is 9.62 Å². The highest BCUT2D eigenvalue weighted by Crippen LogP contribution is 2.34. The number of hydrogen-bond donors (Lipinski definition) is 1. The minimum absolute atomic E-state index is 0.0167. The molecule has 0 saturated heterocycles. The fraction of sp³-hybridized carbons (Fsp3) is 0.333. The Hall–Kier alpha value is -2.06. The van der Waals surface area contributed by atoms with Crippen LogP contribution in [0.4, 0.5) is 18.9 Å². The molecule has 1 atom stereocenters. The summed E-state index contributed by atoms with van der Waals surface area (Å²) in [4.78, 5) is 1.31. The molecular formula is C18H19F3N2O2S. The lowest BCUT2D eigenvalue weighted by Crippen LogP contribution is -2.41. The Labute approximate surface area is 150 Å². The molecule has 0 aromatic heterocycles. The third kappa shape index (κ3) is 3.71. The predicted octanol–water partition coefficient (Wildman–Crippen LogP) is 3.43. The summed E-state index contributed by atoms with van der Waals surface area (Å²) in [5.41, 5.74) is 1.06. The van der Waals surface area contributed by atoms with Crippen molar-refractivity contribution in [2.45, 2.75) is 30.5 Å². The van der Waals surface area contributed by atoms with Crippen molar-refractivity contribution in [2.24, 2.45) is 0 Å². The molecule has 8 heteroatoms. The van der Waals surface area contributed by atoms with Crippen LogP contribution in [-0.4, -0.2) is 27.5 Å². The molecule has 0 fully saturated rings. The molecule has 1 N–H and O–H groups in total. The molecule has 1 heterocycles. The summed E-state index contributed by atoms with van der Waals surface area (Å²) in [5, 5.41) is 0. The van der Waals surface area contributed by atoms with Gasteiger partial charge in [-0.15, -0.1) is 0 Å². The van der Waals surface area contributed by atoms with Crippen molar-refractivity contribution in [1.29, 1.82) is 0 Å². The van der Waals surface area contributed by atoms with Gasteiger partial charge in [-0.2, -0.15) is 13.2 Å². The van der Waals surface area contributed by atoms with Gasteiger partial charge in [0.2, 0.25) is 10.0 Å². The lowest BCUT2D eigenvalue weighted by Gasteiger charge is -2.27. The summed E-state index contributed by atoms with van der Waals surface area (Å²) < 4.78 is 66.5. The highest BCUT2D eigenvalue weighted by molar-refractivity contribution is 7.89. The lowest BCUT2D eigenvalue weighted by molar-refractivity contribution is -0.139. The number of para-hydroxylation sites is 1. The first-order valence-corrected chi connectivity index (χ1v) is 9.69. The molecule has 4 nitrogen and oxygen atoms in total. The Morgan fingerprint density at radius 3 is 2.50 bits per heavy atom.